The summed E-state index contributed by atoms with van der Waals surface area (Å²) in [7, 11) is 0. The zero-order valence-corrected chi connectivity index (χ0v) is 17.2. The van der Waals surface area contributed by atoms with Crippen LogP contribution in [0.4, 0.5) is 10.5 Å². The summed E-state index contributed by atoms with van der Waals surface area (Å²) in [6.07, 6.45) is 6.99. The molecule has 1 N–H and O–H groups in total. The Hall–Kier alpha value is -2.53. The van der Waals surface area contributed by atoms with Gasteiger partial charge >= 0.3 is 6.03 Å². The van der Waals surface area contributed by atoms with Crippen molar-refractivity contribution in [3.8, 4) is 5.00 Å². The third-order valence-corrected chi connectivity index (χ3v) is 7.38. The minimum absolute atomic E-state index is 0.0132. The van der Waals surface area contributed by atoms with E-state index in [4.69, 9.17) is 0 Å². The average Bonchev–Trinajstić information content (AvgIpc) is 3.29. The number of fused-ring (bicyclic) bond motifs is 5. The maximum Gasteiger partial charge on any atom is 0.322 e. The van der Waals surface area contributed by atoms with E-state index in [-0.39, 0.29) is 12.1 Å². The van der Waals surface area contributed by atoms with Gasteiger partial charge < -0.3 is 14.8 Å². The van der Waals surface area contributed by atoms with Gasteiger partial charge in [-0.15, -0.1) is 11.3 Å². The van der Waals surface area contributed by atoms with Crippen LogP contribution in [0.25, 0.3) is 5.00 Å². The zero-order chi connectivity index (χ0) is 19.3. The second kappa shape index (κ2) is 6.82. The van der Waals surface area contributed by atoms with Gasteiger partial charge in [-0.25, -0.2) is 4.79 Å². The number of amides is 2. The first-order valence-corrected chi connectivity index (χ1v) is 10.9. The van der Waals surface area contributed by atoms with Crippen LogP contribution in [0, 0.1) is 6.92 Å². The summed E-state index contributed by atoms with van der Waals surface area (Å²) in [6, 6.07) is 12.2. The molecule has 1 atom stereocenters. The Bertz CT molecular complexity index is 1030. The molecule has 1 aliphatic carbocycles. The lowest BCUT2D eigenvalue weighted by Crippen LogP contribution is -2.36. The van der Waals surface area contributed by atoms with E-state index < -0.39 is 0 Å². The van der Waals surface area contributed by atoms with E-state index in [1.54, 1.807) is 0 Å². The predicted molar refractivity (Wildman–Crippen MR) is 114 cm³/mol. The molecule has 1 aliphatic heterocycles. The van der Waals surface area contributed by atoms with Crippen LogP contribution < -0.4 is 5.32 Å². The number of aromatic nitrogens is 1. The van der Waals surface area contributed by atoms with Crippen molar-refractivity contribution in [2.24, 2.45) is 0 Å². The second-order valence-corrected chi connectivity index (χ2v) is 8.98. The van der Waals surface area contributed by atoms with Gasteiger partial charge in [0.1, 0.15) is 5.00 Å². The summed E-state index contributed by atoms with van der Waals surface area (Å²) >= 11 is 1.92. The van der Waals surface area contributed by atoms with E-state index in [1.807, 2.05) is 40.5 Å². The Morgan fingerprint density at radius 1 is 1.11 bits per heavy atom. The van der Waals surface area contributed by atoms with Crippen molar-refractivity contribution in [3.63, 3.8) is 0 Å². The van der Waals surface area contributed by atoms with Gasteiger partial charge in [0, 0.05) is 28.0 Å². The lowest BCUT2D eigenvalue weighted by Gasteiger charge is -2.28. The van der Waals surface area contributed by atoms with E-state index in [0.29, 0.717) is 6.54 Å². The van der Waals surface area contributed by atoms with E-state index in [2.05, 4.69) is 42.1 Å². The summed E-state index contributed by atoms with van der Waals surface area (Å²) in [5.41, 5.74) is 6.05. The highest BCUT2D eigenvalue weighted by atomic mass is 32.1. The summed E-state index contributed by atoms with van der Waals surface area (Å²) in [5.74, 6) is 0. The Morgan fingerprint density at radius 3 is 2.71 bits per heavy atom. The smallest absolute Gasteiger partial charge is 0.312 e. The molecule has 1 unspecified atom stereocenters. The van der Waals surface area contributed by atoms with Crippen LogP contribution in [0.3, 0.4) is 0 Å². The van der Waals surface area contributed by atoms with E-state index in [1.165, 1.54) is 51.5 Å². The Morgan fingerprint density at radius 2 is 1.89 bits per heavy atom. The first-order chi connectivity index (χ1) is 13.6. The molecule has 0 saturated heterocycles. The number of hydrogen-bond acceptors (Lipinski definition) is 2. The van der Waals surface area contributed by atoms with Crippen LogP contribution in [-0.2, 0) is 19.4 Å². The molecule has 5 rings (SSSR count). The number of anilines is 1. The van der Waals surface area contributed by atoms with Crippen molar-refractivity contribution < 1.29 is 4.79 Å². The molecule has 2 aromatic heterocycles. The lowest BCUT2D eigenvalue weighted by molar-refractivity contribution is 0.189. The fourth-order valence-electron chi connectivity index (χ4n) is 4.44. The SMILES string of the molecule is Cc1ccc(NC(=O)N2Cc3c(sc4c3CCCC4)-n3cccc3C2C)cc1. The summed E-state index contributed by atoms with van der Waals surface area (Å²) in [6.45, 7) is 4.85. The molecule has 144 valence electrons. The molecule has 2 aliphatic rings. The molecule has 0 bridgehead atoms. The fraction of sp³-hybridized carbons (Fsp3) is 0.348. The zero-order valence-electron chi connectivity index (χ0n) is 16.4. The van der Waals surface area contributed by atoms with Crippen LogP contribution in [0.5, 0.6) is 0 Å². The molecule has 0 spiro atoms. The normalized spacial score (nSPS) is 18.1. The molecule has 3 heterocycles. The van der Waals surface area contributed by atoms with Crippen LogP contribution in [0.15, 0.2) is 42.6 Å². The Kier molecular flexibility index (Phi) is 4.27. The number of nitrogens with one attached hydrogen (secondary N) is 1. The first-order valence-electron chi connectivity index (χ1n) is 10.1. The maximum absolute atomic E-state index is 13.3. The fourth-order valence-corrected chi connectivity index (χ4v) is 5.84. The molecule has 4 nitrogen and oxygen atoms in total. The Labute approximate surface area is 169 Å². The van der Waals surface area contributed by atoms with Gasteiger partial charge in [0.2, 0.25) is 0 Å². The first kappa shape index (κ1) is 17.6. The molecule has 1 aromatic carbocycles. The van der Waals surface area contributed by atoms with Gasteiger partial charge in [0.15, 0.2) is 0 Å². The molecule has 0 fully saturated rings. The maximum atomic E-state index is 13.3. The number of carbonyl (C=O) groups excluding carboxylic acids is 1. The lowest BCUT2D eigenvalue weighted by atomic mass is 9.95. The molecular formula is C23H25N3OS. The largest absolute Gasteiger partial charge is 0.322 e. The van der Waals surface area contributed by atoms with Crippen molar-refractivity contribution in [3.05, 3.63) is 69.9 Å². The minimum Gasteiger partial charge on any atom is -0.312 e. The molecule has 0 saturated carbocycles. The molecule has 2 amide bonds. The van der Waals surface area contributed by atoms with Crippen molar-refractivity contribution in [1.29, 1.82) is 0 Å². The van der Waals surface area contributed by atoms with Crippen molar-refractivity contribution >= 4 is 23.1 Å². The van der Waals surface area contributed by atoms with Gasteiger partial charge in [-0.2, -0.15) is 0 Å². The van der Waals surface area contributed by atoms with Crippen molar-refractivity contribution in [2.45, 2.75) is 52.1 Å². The number of benzene rings is 1. The third-order valence-electron chi connectivity index (χ3n) is 6.05. The number of urea groups is 1. The number of aryl methyl sites for hydroxylation is 2. The van der Waals surface area contributed by atoms with Crippen molar-refractivity contribution in [1.82, 2.24) is 9.47 Å². The highest BCUT2D eigenvalue weighted by Gasteiger charge is 2.32. The van der Waals surface area contributed by atoms with E-state index in [9.17, 15) is 4.79 Å². The monoisotopic (exact) mass is 391 g/mol. The van der Waals surface area contributed by atoms with Gasteiger partial charge in [-0.1, -0.05) is 17.7 Å². The van der Waals surface area contributed by atoms with E-state index in [0.717, 1.165) is 12.1 Å². The third kappa shape index (κ3) is 2.85. The van der Waals surface area contributed by atoms with Crippen LogP contribution >= 0.6 is 11.3 Å². The number of hydrogen-bond donors (Lipinski definition) is 1. The van der Waals surface area contributed by atoms with Crippen LogP contribution in [0.1, 0.15) is 53.1 Å². The highest BCUT2D eigenvalue weighted by Crippen LogP contribution is 2.42. The second-order valence-electron chi connectivity index (χ2n) is 7.90. The number of thiophene rings is 1. The highest BCUT2D eigenvalue weighted by molar-refractivity contribution is 7.15. The van der Waals surface area contributed by atoms with Crippen molar-refractivity contribution in [2.75, 3.05) is 5.32 Å². The topological polar surface area (TPSA) is 37.3 Å². The molecular weight excluding hydrogens is 366 g/mol. The average molecular weight is 392 g/mol. The van der Waals surface area contributed by atoms with E-state index >= 15 is 0 Å². The van der Waals surface area contributed by atoms with Gasteiger partial charge in [0.25, 0.3) is 0 Å². The number of rotatable bonds is 1. The molecule has 5 heteroatoms. The summed E-state index contributed by atoms with van der Waals surface area (Å²) < 4.78 is 2.31. The number of nitrogens with zero attached hydrogens (tertiary/aromatic N) is 2. The quantitative estimate of drug-likeness (QED) is 0.556. The van der Waals surface area contributed by atoms with Gasteiger partial charge in [0.05, 0.1) is 12.6 Å². The summed E-state index contributed by atoms with van der Waals surface area (Å²) in [5, 5.41) is 4.41. The predicted octanol–water partition coefficient (Wildman–Crippen LogP) is 5.83. The molecule has 3 aromatic rings. The van der Waals surface area contributed by atoms with Crippen LogP contribution in [-0.4, -0.2) is 15.5 Å². The van der Waals surface area contributed by atoms with Crippen LogP contribution in [0.2, 0.25) is 0 Å². The summed E-state index contributed by atoms with van der Waals surface area (Å²) in [4.78, 5) is 16.8. The number of carbonyl (C=O) groups is 1. The standard InChI is InChI=1S/C23H25N3OS/c1-15-9-11-17(12-10-15)24-23(27)26-14-19-18-6-3-4-8-21(18)28-22(19)25-13-5-7-20(25)16(26)2/h5,7,9-13,16H,3-4,6,8,14H2,1-2H3,(H,24,27). The van der Waals surface area contributed by atoms with Gasteiger partial charge in [-0.05, 0) is 69.4 Å². The Balaban J connectivity index is 1.54. The van der Waals surface area contributed by atoms with Gasteiger partial charge in [-0.3, -0.25) is 0 Å². The molecule has 0 radical (unpaired) electrons. The molecule has 28 heavy (non-hydrogen) atoms. The minimum atomic E-state index is -0.0345.